The number of hydrogen-bond donors (Lipinski definition) is 1. The second-order valence-corrected chi connectivity index (χ2v) is 4.52. The standard InChI is InChI=1S/C10H21N2O/c1-12(6-8-13-9-7-12)10-2-4-11-5-3-10/h10-11H,2-9H2,1H3/q+1. The third-order valence-corrected chi connectivity index (χ3v) is 3.68. The molecule has 2 rings (SSSR count). The van der Waals surface area contributed by atoms with Crippen LogP contribution >= 0.6 is 0 Å². The molecule has 0 aromatic carbocycles. The highest BCUT2D eigenvalue weighted by Gasteiger charge is 2.34. The molecule has 76 valence electrons. The first-order valence-corrected chi connectivity index (χ1v) is 5.44. The van der Waals surface area contributed by atoms with Crippen molar-refractivity contribution in [1.82, 2.24) is 5.32 Å². The average Bonchev–Trinajstić information content (AvgIpc) is 2.20. The zero-order valence-corrected chi connectivity index (χ0v) is 8.59. The summed E-state index contributed by atoms with van der Waals surface area (Å²) in [5.41, 5.74) is 0. The predicted octanol–water partition coefficient (Wildman–Crippen LogP) is 0.215. The molecule has 0 atom stereocenters. The van der Waals surface area contributed by atoms with Crippen LogP contribution in [0.1, 0.15) is 12.8 Å². The van der Waals surface area contributed by atoms with Crippen LogP contribution in [0.5, 0.6) is 0 Å². The van der Waals surface area contributed by atoms with Crippen molar-refractivity contribution in [2.45, 2.75) is 18.9 Å². The second kappa shape index (κ2) is 3.95. The quantitative estimate of drug-likeness (QED) is 0.590. The van der Waals surface area contributed by atoms with E-state index in [9.17, 15) is 0 Å². The summed E-state index contributed by atoms with van der Waals surface area (Å²) in [5, 5.41) is 3.43. The van der Waals surface area contributed by atoms with Gasteiger partial charge in [-0.1, -0.05) is 0 Å². The van der Waals surface area contributed by atoms with Crippen molar-refractivity contribution in [3.63, 3.8) is 0 Å². The number of rotatable bonds is 1. The van der Waals surface area contributed by atoms with Gasteiger partial charge in [-0.3, -0.25) is 0 Å². The summed E-state index contributed by atoms with van der Waals surface area (Å²) in [7, 11) is 2.40. The molecule has 0 unspecified atom stereocenters. The monoisotopic (exact) mass is 185 g/mol. The zero-order valence-electron chi connectivity index (χ0n) is 8.59. The molecule has 3 nitrogen and oxygen atoms in total. The molecule has 3 heteroatoms. The molecule has 13 heavy (non-hydrogen) atoms. The SMILES string of the molecule is C[N+]1(C2CCNCC2)CCOCC1. The summed E-state index contributed by atoms with van der Waals surface area (Å²) in [4.78, 5) is 0. The normalized spacial score (nSPS) is 30.2. The van der Waals surface area contributed by atoms with Gasteiger partial charge in [0.05, 0.1) is 26.3 Å². The van der Waals surface area contributed by atoms with Crippen LogP contribution in [0.2, 0.25) is 0 Å². The molecule has 2 fully saturated rings. The zero-order chi connectivity index (χ0) is 9.15. The lowest BCUT2D eigenvalue weighted by Crippen LogP contribution is -2.60. The van der Waals surface area contributed by atoms with Gasteiger partial charge in [0.2, 0.25) is 0 Å². The maximum Gasteiger partial charge on any atom is 0.102 e. The largest absolute Gasteiger partial charge is 0.370 e. The number of hydrogen-bond acceptors (Lipinski definition) is 2. The summed E-state index contributed by atoms with van der Waals surface area (Å²) in [6.45, 7) is 6.76. The van der Waals surface area contributed by atoms with Crippen molar-refractivity contribution in [1.29, 1.82) is 0 Å². The van der Waals surface area contributed by atoms with Crippen molar-refractivity contribution in [3.05, 3.63) is 0 Å². The van der Waals surface area contributed by atoms with Crippen LogP contribution < -0.4 is 5.32 Å². The Bertz CT molecular complexity index is 160. The molecule has 0 bridgehead atoms. The number of morpholine rings is 1. The molecule has 2 aliphatic heterocycles. The molecule has 0 aliphatic carbocycles. The molecule has 2 aliphatic rings. The van der Waals surface area contributed by atoms with Crippen LogP contribution in [0.15, 0.2) is 0 Å². The van der Waals surface area contributed by atoms with Gasteiger partial charge >= 0.3 is 0 Å². The maximum atomic E-state index is 5.42. The summed E-state index contributed by atoms with van der Waals surface area (Å²) >= 11 is 0. The van der Waals surface area contributed by atoms with E-state index in [1.165, 1.54) is 43.5 Å². The minimum atomic E-state index is 0.880. The van der Waals surface area contributed by atoms with Crippen molar-refractivity contribution in [2.75, 3.05) is 46.4 Å². The van der Waals surface area contributed by atoms with Crippen LogP contribution in [-0.4, -0.2) is 57.0 Å². The molecule has 2 saturated heterocycles. The van der Waals surface area contributed by atoms with Crippen LogP contribution in [0, 0.1) is 0 Å². The van der Waals surface area contributed by atoms with Crippen LogP contribution in [0.4, 0.5) is 0 Å². The highest BCUT2D eigenvalue weighted by molar-refractivity contribution is 4.70. The topological polar surface area (TPSA) is 21.3 Å². The number of likely N-dealkylation sites (N-methyl/N-ethyl adjacent to an activating group) is 1. The fourth-order valence-corrected chi connectivity index (χ4v) is 2.56. The highest BCUT2D eigenvalue weighted by Crippen LogP contribution is 2.20. The van der Waals surface area contributed by atoms with E-state index >= 15 is 0 Å². The van der Waals surface area contributed by atoms with Crippen molar-refractivity contribution in [3.8, 4) is 0 Å². The minimum Gasteiger partial charge on any atom is -0.370 e. The Balaban J connectivity index is 1.94. The maximum absolute atomic E-state index is 5.42. The van der Waals surface area contributed by atoms with Crippen molar-refractivity contribution >= 4 is 0 Å². The number of ether oxygens (including phenoxy) is 1. The fraction of sp³-hybridized carbons (Fsp3) is 1.00. The van der Waals surface area contributed by atoms with E-state index in [0.717, 1.165) is 19.3 Å². The van der Waals surface area contributed by atoms with Gasteiger partial charge in [-0.15, -0.1) is 0 Å². The summed E-state index contributed by atoms with van der Waals surface area (Å²) < 4.78 is 6.68. The van der Waals surface area contributed by atoms with E-state index in [-0.39, 0.29) is 0 Å². The Morgan fingerprint density at radius 3 is 2.38 bits per heavy atom. The Hall–Kier alpha value is -0.120. The van der Waals surface area contributed by atoms with Crippen LogP contribution in [0.3, 0.4) is 0 Å². The second-order valence-electron chi connectivity index (χ2n) is 4.52. The third kappa shape index (κ3) is 2.03. The molecule has 0 saturated carbocycles. The number of quaternary nitrogens is 1. The molecule has 0 radical (unpaired) electrons. The first-order valence-electron chi connectivity index (χ1n) is 5.44. The van der Waals surface area contributed by atoms with Gasteiger partial charge in [0.15, 0.2) is 0 Å². The molecular weight excluding hydrogens is 164 g/mol. The van der Waals surface area contributed by atoms with Crippen molar-refractivity contribution < 1.29 is 9.22 Å². The van der Waals surface area contributed by atoms with E-state index in [0.29, 0.717) is 0 Å². The Labute approximate surface area is 80.6 Å². The summed E-state index contributed by atoms with van der Waals surface area (Å²) in [5.74, 6) is 0. The third-order valence-electron chi connectivity index (χ3n) is 3.68. The molecular formula is C10H21N2O+. The highest BCUT2D eigenvalue weighted by atomic mass is 16.5. The van der Waals surface area contributed by atoms with E-state index in [2.05, 4.69) is 12.4 Å². The van der Waals surface area contributed by atoms with Crippen LogP contribution in [-0.2, 0) is 4.74 Å². The number of nitrogens with zero attached hydrogens (tertiary/aromatic N) is 1. The first-order chi connectivity index (χ1) is 6.31. The van der Waals surface area contributed by atoms with Crippen LogP contribution in [0.25, 0.3) is 0 Å². The lowest BCUT2D eigenvalue weighted by Gasteiger charge is -2.45. The van der Waals surface area contributed by atoms with E-state index in [1.54, 1.807) is 0 Å². The summed E-state index contributed by atoms with van der Waals surface area (Å²) in [6, 6.07) is 0.880. The van der Waals surface area contributed by atoms with Gasteiger partial charge in [-0.25, -0.2) is 0 Å². The lowest BCUT2D eigenvalue weighted by atomic mass is 10.0. The van der Waals surface area contributed by atoms with Crippen molar-refractivity contribution in [2.24, 2.45) is 0 Å². The fourth-order valence-electron chi connectivity index (χ4n) is 2.56. The van der Waals surface area contributed by atoms with Gasteiger partial charge in [0, 0.05) is 25.9 Å². The molecule has 1 N–H and O–H groups in total. The first kappa shape index (κ1) is 9.44. The molecule has 0 spiro atoms. The molecule has 0 aromatic heterocycles. The van der Waals surface area contributed by atoms with Gasteiger partial charge in [-0.2, -0.15) is 0 Å². The molecule has 2 heterocycles. The molecule has 0 amide bonds. The predicted molar refractivity (Wildman–Crippen MR) is 52.6 cm³/mol. The Morgan fingerprint density at radius 1 is 1.15 bits per heavy atom. The lowest BCUT2D eigenvalue weighted by molar-refractivity contribution is -0.941. The number of piperidine rings is 1. The molecule has 0 aromatic rings. The van der Waals surface area contributed by atoms with E-state index in [1.807, 2.05) is 0 Å². The van der Waals surface area contributed by atoms with Gasteiger partial charge in [0.25, 0.3) is 0 Å². The average molecular weight is 185 g/mol. The van der Waals surface area contributed by atoms with E-state index < -0.39 is 0 Å². The summed E-state index contributed by atoms with van der Waals surface area (Å²) in [6.07, 6.45) is 2.69. The number of nitrogens with one attached hydrogen (secondary N) is 1. The smallest absolute Gasteiger partial charge is 0.102 e. The Morgan fingerprint density at radius 2 is 1.77 bits per heavy atom. The van der Waals surface area contributed by atoms with Gasteiger partial charge in [0.1, 0.15) is 13.1 Å². The Kier molecular flexibility index (Phi) is 2.86. The van der Waals surface area contributed by atoms with Gasteiger partial charge < -0.3 is 14.5 Å². The minimum absolute atomic E-state index is 0.880. The van der Waals surface area contributed by atoms with E-state index in [4.69, 9.17) is 4.74 Å². The van der Waals surface area contributed by atoms with Gasteiger partial charge in [-0.05, 0) is 0 Å².